The Balaban J connectivity index is 1.81. The van der Waals surface area contributed by atoms with Crippen LogP contribution in [0.2, 0.25) is 0 Å². The highest BCUT2D eigenvalue weighted by Crippen LogP contribution is 2.16. The molecule has 0 aliphatic carbocycles. The van der Waals surface area contributed by atoms with Gasteiger partial charge in [0.05, 0.1) is 13.2 Å². The molecule has 0 radical (unpaired) electrons. The number of hydrogen-bond donors (Lipinski definition) is 3. The minimum atomic E-state index is -0.202. The second-order valence-electron chi connectivity index (χ2n) is 6.10. The lowest BCUT2D eigenvalue weighted by Crippen LogP contribution is -2.24. The number of amides is 2. The number of carbonyl (C=O) groups excluding carboxylic acids is 2. The molecule has 0 unspecified atom stereocenters. The number of carbonyl (C=O) groups is 2. The quantitative estimate of drug-likeness (QED) is 0.518. The highest BCUT2D eigenvalue weighted by molar-refractivity contribution is 5.98. The van der Waals surface area contributed by atoms with Crippen LogP contribution in [-0.4, -0.2) is 45.2 Å². The van der Waals surface area contributed by atoms with E-state index in [9.17, 15) is 9.59 Å². The van der Waals surface area contributed by atoms with E-state index in [0.717, 1.165) is 17.9 Å². The van der Waals surface area contributed by atoms with Crippen LogP contribution >= 0.6 is 0 Å². The molecule has 2 aromatic rings. The topological polar surface area (TPSA) is 88.7 Å². The third-order valence-corrected chi connectivity index (χ3v) is 3.81. The molecule has 0 heterocycles. The number of methoxy groups -OCH3 is 1. The zero-order chi connectivity index (χ0) is 20.2. The molecule has 0 aromatic heterocycles. The van der Waals surface area contributed by atoms with Gasteiger partial charge >= 0.3 is 0 Å². The van der Waals surface area contributed by atoms with Gasteiger partial charge in [0.2, 0.25) is 5.91 Å². The third-order valence-electron chi connectivity index (χ3n) is 3.81. The molecular weight excluding hydrogens is 358 g/mol. The van der Waals surface area contributed by atoms with E-state index in [1.807, 2.05) is 31.2 Å². The van der Waals surface area contributed by atoms with E-state index in [1.165, 1.54) is 0 Å². The first kappa shape index (κ1) is 21.2. The van der Waals surface area contributed by atoms with Crippen molar-refractivity contribution in [2.24, 2.45) is 0 Å². The van der Waals surface area contributed by atoms with Crippen molar-refractivity contribution in [3.63, 3.8) is 0 Å². The summed E-state index contributed by atoms with van der Waals surface area (Å²) in [6.45, 7) is 3.74. The first-order valence-corrected chi connectivity index (χ1v) is 9.26. The third kappa shape index (κ3) is 7.28. The Labute approximate surface area is 165 Å². The summed E-state index contributed by atoms with van der Waals surface area (Å²) in [6, 6.07) is 14.2. The molecule has 0 bridgehead atoms. The molecule has 2 rings (SSSR count). The molecule has 0 spiro atoms. The number of hydrogen-bond acceptors (Lipinski definition) is 5. The van der Waals surface area contributed by atoms with Gasteiger partial charge in [-0.1, -0.05) is 13.0 Å². The molecule has 7 nitrogen and oxygen atoms in total. The van der Waals surface area contributed by atoms with Crippen molar-refractivity contribution in [1.29, 1.82) is 0 Å². The summed E-state index contributed by atoms with van der Waals surface area (Å²) in [5.41, 5.74) is 1.91. The first-order chi connectivity index (χ1) is 13.6. The Morgan fingerprint density at radius 2 is 1.79 bits per heavy atom. The zero-order valence-electron chi connectivity index (χ0n) is 16.3. The van der Waals surface area contributed by atoms with Crippen LogP contribution in [0, 0.1) is 0 Å². The maximum absolute atomic E-state index is 12.2. The van der Waals surface area contributed by atoms with Crippen molar-refractivity contribution in [2.75, 3.05) is 44.0 Å². The summed E-state index contributed by atoms with van der Waals surface area (Å²) in [5, 5.41) is 8.66. The van der Waals surface area contributed by atoms with Crippen LogP contribution in [0.5, 0.6) is 5.75 Å². The van der Waals surface area contributed by atoms with Gasteiger partial charge in [-0.25, -0.2) is 0 Å². The number of benzene rings is 2. The molecular formula is C21H27N3O4. The Morgan fingerprint density at radius 1 is 1.00 bits per heavy atom. The Hall–Kier alpha value is -3.06. The summed E-state index contributed by atoms with van der Waals surface area (Å²) in [5.74, 6) is 0.389. The molecule has 0 aliphatic rings. The average Bonchev–Trinajstić information content (AvgIpc) is 2.72. The smallest absolute Gasteiger partial charge is 0.251 e. The maximum atomic E-state index is 12.2. The second kappa shape index (κ2) is 11.6. The van der Waals surface area contributed by atoms with Crippen LogP contribution in [0.4, 0.5) is 11.4 Å². The maximum Gasteiger partial charge on any atom is 0.251 e. The van der Waals surface area contributed by atoms with Crippen LogP contribution in [0.25, 0.3) is 0 Å². The van der Waals surface area contributed by atoms with Gasteiger partial charge < -0.3 is 25.4 Å². The van der Waals surface area contributed by atoms with Crippen molar-refractivity contribution >= 4 is 23.2 Å². The SMILES string of the molecule is CCCNC(=O)c1cccc(NC(=O)CNc2ccc(OCCOC)cc2)c1. The van der Waals surface area contributed by atoms with E-state index < -0.39 is 0 Å². The predicted molar refractivity (Wildman–Crippen MR) is 110 cm³/mol. The fourth-order valence-corrected chi connectivity index (χ4v) is 2.38. The van der Waals surface area contributed by atoms with Gasteiger partial charge in [-0.2, -0.15) is 0 Å². The van der Waals surface area contributed by atoms with Crippen molar-refractivity contribution in [2.45, 2.75) is 13.3 Å². The number of rotatable bonds is 11. The van der Waals surface area contributed by atoms with Gasteiger partial charge in [-0.3, -0.25) is 9.59 Å². The van der Waals surface area contributed by atoms with Crippen LogP contribution in [0.15, 0.2) is 48.5 Å². The number of anilines is 2. The number of ether oxygens (including phenoxy) is 2. The largest absolute Gasteiger partial charge is 0.491 e. The lowest BCUT2D eigenvalue weighted by Gasteiger charge is -2.10. The zero-order valence-corrected chi connectivity index (χ0v) is 16.3. The van der Waals surface area contributed by atoms with Gasteiger partial charge in [-0.05, 0) is 48.9 Å². The molecule has 0 saturated carbocycles. The molecule has 150 valence electrons. The van der Waals surface area contributed by atoms with E-state index in [2.05, 4.69) is 16.0 Å². The van der Waals surface area contributed by atoms with E-state index in [4.69, 9.17) is 9.47 Å². The van der Waals surface area contributed by atoms with Crippen molar-refractivity contribution in [3.05, 3.63) is 54.1 Å². The van der Waals surface area contributed by atoms with Crippen LogP contribution in [0.1, 0.15) is 23.7 Å². The van der Waals surface area contributed by atoms with Gasteiger partial charge in [0.1, 0.15) is 12.4 Å². The molecule has 7 heteroatoms. The van der Waals surface area contributed by atoms with Gasteiger partial charge in [0, 0.05) is 30.6 Å². The molecule has 0 aliphatic heterocycles. The van der Waals surface area contributed by atoms with E-state index in [0.29, 0.717) is 31.0 Å². The van der Waals surface area contributed by atoms with Gasteiger partial charge in [-0.15, -0.1) is 0 Å². The fourth-order valence-electron chi connectivity index (χ4n) is 2.38. The molecule has 0 saturated heterocycles. The van der Waals surface area contributed by atoms with Crippen LogP contribution in [0.3, 0.4) is 0 Å². The summed E-state index contributed by atoms with van der Waals surface area (Å²) < 4.78 is 10.4. The second-order valence-corrected chi connectivity index (χ2v) is 6.10. The van der Waals surface area contributed by atoms with E-state index >= 15 is 0 Å². The van der Waals surface area contributed by atoms with Crippen LogP contribution < -0.4 is 20.7 Å². The molecule has 0 atom stereocenters. The molecule has 3 N–H and O–H groups in total. The predicted octanol–water partition coefficient (Wildman–Crippen LogP) is 2.90. The Bertz CT molecular complexity index is 763. The fraction of sp³-hybridized carbons (Fsp3) is 0.333. The Morgan fingerprint density at radius 3 is 2.50 bits per heavy atom. The monoisotopic (exact) mass is 385 g/mol. The minimum Gasteiger partial charge on any atom is -0.491 e. The lowest BCUT2D eigenvalue weighted by molar-refractivity contribution is -0.114. The van der Waals surface area contributed by atoms with Crippen molar-refractivity contribution in [3.8, 4) is 5.75 Å². The summed E-state index contributed by atoms with van der Waals surface area (Å²) >= 11 is 0. The molecule has 2 amide bonds. The summed E-state index contributed by atoms with van der Waals surface area (Å²) in [7, 11) is 1.62. The minimum absolute atomic E-state index is 0.107. The lowest BCUT2D eigenvalue weighted by atomic mass is 10.2. The summed E-state index contributed by atoms with van der Waals surface area (Å²) in [4.78, 5) is 24.2. The van der Waals surface area contributed by atoms with Gasteiger partial charge in [0.15, 0.2) is 0 Å². The van der Waals surface area contributed by atoms with Crippen LogP contribution in [-0.2, 0) is 9.53 Å². The Kier molecular flexibility index (Phi) is 8.81. The standard InChI is InChI=1S/C21H27N3O4/c1-3-11-22-21(26)16-5-4-6-18(14-16)24-20(25)15-23-17-7-9-19(10-8-17)28-13-12-27-2/h4-10,14,23H,3,11-13,15H2,1-2H3,(H,22,26)(H,24,25). The normalized spacial score (nSPS) is 10.2. The highest BCUT2D eigenvalue weighted by atomic mass is 16.5. The van der Waals surface area contributed by atoms with Gasteiger partial charge in [0.25, 0.3) is 5.91 Å². The summed E-state index contributed by atoms with van der Waals surface area (Å²) in [6.07, 6.45) is 0.869. The highest BCUT2D eigenvalue weighted by Gasteiger charge is 2.07. The first-order valence-electron chi connectivity index (χ1n) is 9.26. The van der Waals surface area contributed by atoms with Crippen molar-refractivity contribution in [1.82, 2.24) is 5.32 Å². The molecule has 0 fully saturated rings. The van der Waals surface area contributed by atoms with E-state index in [1.54, 1.807) is 31.4 Å². The average molecular weight is 385 g/mol. The molecule has 28 heavy (non-hydrogen) atoms. The van der Waals surface area contributed by atoms with E-state index in [-0.39, 0.29) is 18.4 Å². The molecule has 2 aromatic carbocycles. The number of nitrogens with one attached hydrogen (secondary N) is 3. The van der Waals surface area contributed by atoms with Crippen molar-refractivity contribution < 1.29 is 19.1 Å².